The van der Waals surface area contributed by atoms with Crippen molar-refractivity contribution in [2.45, 2.75) is 11.4 Å². The largest absolute Gasteiger partial charge is 0.496 e. The molecular formula is C14H17N3O3S. The third-order valence-corrected chi connectivity index (χ3v) is 4.92. The molecule has 0 spiro atoms. The first kappa shape index (κ1) is 15.3. The van der Waals surface area contributed by atoms with Crippen LogP contribution < -0.4 is 10.5 Å². The highest BCUT2D eigenvalue weighted by molar-refractivity contribution is 7.89. The molecule has 0 saturated carbocycles. The summed E-state index contributed by atoms with van der Waals surface area (Å²) in [5, 5.41) is 0. The first-order valence-corrected chi connectivity index (χ1v) is 7.69. The van der Waals surface area contributed by atoms with E-state index in [0.717, 1.165) is 5.56 Å². The minimum absolute atomic E-state index is 0.00222. The Morgan fingerprint density at radius 1 is 1.24 bits per heavy atom. The number of sulfonamides is 1. The topological polar surface area (TPSA) is 85.5 Å². The number of anilines is 1. The molecule has 1 aromatic carbocycles. The summed E-state index contributed by atoms with van der Waals surface area (Å²) >= 11 is 0. The average Bonchev–Trinajstić information content (AvgIpc) is 2.48. The van der Waals surface area contributed by atoms with E-state index < -0.39 is 10.0 Å². The molecule has 6 nitrogen and oxygen atoms in total. The van der Waals surface area contributed by atoms with E-state index in [1.165, 1.54) is 23.6 Å². The van der Waals surface area contributed by atoms with Crippen LogP contribution in [-0.2, 0) is 16.6 Å². The quantitative estimate of drug-likeness (QED) is 0.904. The zero-order chi connectivity index (χ0) is 15.5. The van der Waals surface area contributed by atoms with Gasteiger partial charge < -0.3 is 10.5 Å². The highest BCUT2D eigenvalue weighted by Gasteiger charge is 2.24. The van der Waals surface area contributed by atoms with Gasteiger partial charge >= 0.3 is 0 Å². The van der Waals surface area contributed by atoms with Crippen molar-refractivity contribution in [2.24, 2.45) is 0 Å². The summed E-state index contributed by atoms with van der Waals surface area (Å²) in [6.07, 6.45) is 1.45. The van der Waals surface area contributed by atoms with Crippen LogP contribution in [0.5, 0.6) is 5.75 Å². The maximum absolute atomic E-state index is 12.5. The molecule has 0 amide bonds. The molecule has 7 heteroatoms. The number of pyridine rings is 1. The van der Waals surface area contributed by atoms with Crippen molar-refractivity contribution in [1.82, 2.24) is 9.29 Å². The number of hydrogen-bond donors (Lipinski definition) is 1. The monoisotopic (exact) mass is 307 g/mol. The molecule has 0 bridgehead atoms. The maximum Gasteiger partial charge on any atom is 0.246 e. The Labute approximate surface area is 124 Å². The molecular weight excluding hydrogens is 290 g/mol. The average molecular weight is 307 g/mol. The van der Waals surface area contributed by atoms with Crippen LogP contribution in [0.15, 0.2) is 47.5 Å². The van der Waals surface area contributed by atoms with E-state index >= 15 is 0 Å². The summed E-state index contributed by atoms with van der Waals surface area (Å²) < 4.78 is 31.5. The van der Waals surface area contributed by atoms with E-state index in [-0.39, 0.29) is 17.3 Å². The molecule has 0 fully saturated rings. The number of nitrogens with two attached hydrogens (primary N) is 1. The predicted octanol–water partition coefficient (Wildman–Crippen LogP) is 1.49. The molecule has 2 aromatic rings. The summed E-state index contributed by atoms with van der Waals surface area (Å²) in [6.45, 7) is 0.181. The summed E-state index contributed by atoms with van der Waals surface area (Å²) in [4.78, 5) is 3.82. The van der Waals surface area contributed by atoms with Gasteiger partial charge in [-0.15, -0.1) is 0 Å². The second-order valence-corrected chi connectivity index (χ2v) is 6.47. The van der Waals surface area contributed by atoms with E-state index in [2.05, 4.69) is 4.98 Å². The molecule has 2 rings (SSSR count). The lowest BCUT2D eigenvalue weighted by atomic mass is 10.2. The lowest BCUT2D eigenvalue weighted by Crippen LogP contribution is -2.27. The van der Waals surface area contributed by atoms with Crippen LogP contribution in [0.25, 0.3) is 0 Å². The van der Waals surface area contributed by atoms with E-state index in [0.29, 0.717) is 5.75 Å². The van der Waals surface area contributed by atoms with E-state index in [1.807, 2.05) is 18.2 Å². The Kier molecular flexibility index (Phi) is 4.44. The van der Waals surface area contributed by atoms with Gasteiger partial charge in [-0.25, -0.2) is 13.4 Å². The van der Waals surface area contributed by atoms with Gasteiger partial charge in [0.25, 0.3) is 0 Å². The zero-order valence-electron chi connectivity index (χ0n) is 11.9. The van der Waals surface area contributed by atoms with Crippen LogP contribution in [0.1, 0.15) is 5.56 Å². The second-order valence-electron chi connectivity index (χ2n) is 4.46. The van der Waals surface area contributed by atoms with Gasteiger partial charge in [-0.2, -0.15) is 4.31 Å². The van der Waals surface area contributed by atoms with Crippen LogP contribution in [-0.4, -0.2) is 31.9 Å². The zero-order valence-corrected chi connectivity index (χ0v) is 12.7. The first-order valence-electron chi connectivity index (χ1n) is 6.25. The molecule has 1 heterocycles. The number of nitrogens with zero attached hydrogens (tertiary/aromatic N) is 2. The van der Waals surface area contributed by atoms with Crippen molar-refractivity contribution in [3.63, 3.8) is 0 Å². The van der Waals surface area contributed by atoms with Crippen LogP contribution >= 0.6 is 0 Å². The van der Waals surface area contributed by atoms with Crippen LogP contribution in [0.3, 0.4) is 0 Å². The summed E-state index contributed by atoms with van der Waals surface area (Å²) in [5.74, 6) is 0.628. The maximum atomic E-state index is 12.5. The number of para-hydroxylation sites is 1. The van der Waals surface area contributed by atoms with Crippen LogP contribution in [0.4, 0.5) is 5.82 Å². The number of methoxy groups -OCH3 is 1. The highest BCUT2D eigenvalue weighted by atomic mass is 32.2. The minimum Gasteiger partial charge on any atom is -0.496 e. The smallest absolute Gasteiger partial charge is 0.246 e. The standard InChI is InChI=1S/C14H17N3O3S/c1-17(10-11-6-3-4-7-12(11)20-2)21(18,19)13-8-5-9-16-14(13)15/h3-9H,10H2,1-2H3,(H2,15,16). The summed E-state index contributed by atoms with van der Waals surface area (Å²) in [5.41, 5.74) is 6.42. The molecule has 2 N–H and O–H groups in total. The first-order chi connectivity index (χ1) is 9.96. The summed E-state index contributed by atoms with van der Waals surface area (Å²) in [6, 6.07) is 10.2. The molecule has 0 aliphatic rings. The van der Waals surface area contributed by atoms with Crippen molar-refractivity contribution in [3.05, 3.63) is 48.2 Å². The van der Waals surface area contributed by atoms with Crippen LogP contribution in [0, 0.1) is 0 Å². The Bertz CT molecular complexity index is 732. The van der Waals surface area contributed by atoms with Gasteiger partial charge in [-0.3, -0.25) is 0 Å². The van der Waals surface area contributed by atoms with Gasteiger partial charge in [-0.05, 0) is 18.2 Å². The second kappa shape index (κ2) is 6.11. The van der Waals surface area contributed by atoms with Gasteiger partial charge in [-0.1, -0.05) is 18.2 Å². The van der Waals surface area contributed by atoms with Crippen molar-refractivity contribution in [2.75, 3.05) is 19.9 Å². The van der Waals surface area contributed by atoms with Crippen LogP contribution in [0.2, 0.25) is 0 Å². The number of aromatic nitrogens is 1. The van der Waals surface area contributed by atoms with Crippen molar-refractivity contribution in [1.29, 1.82) is 0 Å². The number of nitrogen functional groups attached to an aromatic ring is 1. The van der Waals surface area contributed by atoms with Crippen molar-refractivity contribution < 1.29 is 13.2 Å². The fourth-order valence-corrected chi connectivity index (χ4v) is 3.16. The van der Waals surface area contributed by atoms with Gasteiger partial charge in [0.05, 0.1) is 7.11 Å². The molecule has 0 aliphatic carbocycles. The number of rotatable bonds is 5. The summed E-state index contributed by atoms with van der Waals surface area (Å²) in [7, 11) is -0.660. The van der Waals surface area contributed by atoms with Gasteiger partial charge in [0.1, 0.15) is 16.5 Å². The van der Waals surface area contributed by atoms with E-state index in [1.54, 1.807) is 19.2 Å². The number of hydrogen-bond acceptors (Lipinski definition) is 5. The predicted molar refractivity (Wildman–Crippen MR) is 80.3 cm³/mol. The third kappa shape index (κ3) is 3.14. The lowest BCUT2D eigenvalue weighted by molar-refractivity contribution is 0.398. The number of benzene rings is 1. The minimum atomic E-state index is -3.70. The van der Waals surface area contributed by atoms with Crippen molar-refractivity contribution >= 4 is 15.8 Å². The van der Waals surface area contributed by atoms with Gasteiger partial charge in [0.2, 0.25) is 10.0 Å². The Morgan fingerprint density at radius 2 is 1.95 bits per heavy atom. The van der Waals surface area contributed by atoms with E-state index in [9.17, 15) is 8.42 Å². The lowest BCUT2D eigenvalue weighted by Gasteiger charge is -2.19. The normalized spacial score (nSPS) is 11.6. The molecule has 112 valence electrons. The SMILES string of the molecule is COc1ccccc1CN(C)S(=O)(=O)c1cccnc1N. The molecule has 1 aromatic heterocycles. The van der Waals surface area contributed by atoms with E-state index in [4.69, 9.17) is 10.5 Å². The fourth-order valence-electron chi connectivity index (χ4n) is 1.95. The fraction of sp³-hybridized carbons (Fsp3) is 0.214. The molecule has 0 saturated heterocycles. The molecule has 0 radical (unpaired) electrons. The molecule has 0 aliphatic heterocycles. The Balaban J connectivity index is 2.32. The van der Waals surface area contributed by atoms with Gasteiger partial charge in [0, 0.05) is 25.4 Å². The number of ether oxygens (including phenoxy) is 1. The van der Waals surface area contributed by atoms with Crippen molar-refractivity contribution in [3.8, 4) is 5.75 Å². The third-order valence-electron chi connectivity index (χ3n) is 3.07. The highest BCUT2D eigenvalue weighted by Crippen LogP contribution is 2.24. The Morgan fingerprint density at radius 3 is 2.62 bits per heavy atom. The molecule has 0 atom stereocenters. The van der Waals surface area contributed by atoms with Gasteiger partial charge in [0.15, 0.2) is 0 Å². The molecule has 0 unspecified atom stereocenters. The molecule has 21 heavy (non-hydrogen) atoms. The Hall–Kier alpha value is -2.12.